The molecule has 154 valence electrons. The first-order valence-corrected chi connectivity index (χ1v) is 10.4. The van der Waals surface area contributed by atoms with Crippen molar-refractivity contribution < 1.29 is 14.0 Å². The fraction of sp³-hybridized carbons (Fsp3) is 0.125. The lowest BCUT2D eigenvalue weighted by atomic mass is 10.1. The molecule has 0 saturated carbocycles. The van der Waals surface area contributed by atoms with Crippen LogP contribution in [0.15, 0.2) is 59.5 Å². The summed E-state index contributed by atoms with van der Waals surface area (Å²) in [4.78, 5) is 26.9. The van der Waals surface area contributed by atoms with Gasteiger partial charge in [-0.1, -0.05) is 18.2 Å². The summed E-state index contributed by atoms with van der Waals surface area (Å²) in [5.41, 5.74) is 4.50. The summed E-state index contributed by atoms with van der Waals surface area (Å²) in [7, 11) is 0. The van der Waals surface area contributed by atoms with E-state index in [2.05, 4.69) is 6.07 Å². The Bertz CT molecular complexity index is 1270. The SMILES string of the molecule is Cc1cc(/C=C2/SC(=O)N(Cc3ccccc3C#N)C2=O)c(C)n1-c1ccc(F)cc1. The number of thioether (sulfide) groups is 1. The standard InChI is InChI=1S/C24H18FN3O2S/c1-15-11-19(16(2)28(15)21-9-7-20(25)8-10-21)12-22-23(29)27(24(30)31-22)14-18-6-4-3-5-17(18)13-26/h3-12H,14H2,1-2H3/b22-12+. The quantitative estimate of drug-likeness (QED) is 0.523. The van der Waals surface area contributed by atoms with Crippen LogP contribution in [0.3, 0.4) is 0 Å². The number of carbonyl (C=O) groups is 2. The van der Waals surface area contributed by atoms with Crippen LogP contribution in [0.4, 0.5) is 9.18 Å². The molecule has 3 aromatic rings. The van der Waals surface area contributed by atoms with Gasteiger partial charge < -0.3 is 4.57 Å². The predicted octanol–water partition coefficient (Wildman–Crippen LogP) is 5.34. The maximum atomic E-state index is 13.3. The molecule has 0 radical (unpaired) electrons. The van der Waals surface area contributed by atoms with Crippen LogP contribution in [-0.4, -0.2) is 20.6 Å². The zero-order valence-corrected chi connectivity index (χ0v) is 17.7. The van der Waals surface area contributed by atoms with Crippen molar-refractivity contribution in [3.05, 3.63) is 93.4 Å². The molecule has 31 heavy (non-hydrogen) atoms. The summed E-state index contributed by atoms with van der Waals surface area (Å²) in [6.07, 6.45) is 1.71. The third-order valence-electron chi connectivity index (χ3n) is 5.18. The Morgan fingerprint density at radius 2 is 1.81 bits per heavy atom. The van der Waals surface area contributed by atoms with E-state index in [0.29, 0.717) is 16.0 Å². The van der Waals surface area contributed by atoms with Crippen LogP contribution >= 0.6 is 11.8 Å². The smallest absolute Gasteiger partial charge is 0.293 e. The molecule has 7 heteroatoms. The summed E-state index contributed by atoms with van der Waals surface area (Å²) < 4.78 is 15.3. The molecule has 2 amide bonds. The number of amides is 2. The molecule has 1 fully saturated rings. The second kappa shape index (κ2) is 8.25. The fourth-order valence-electron chi connectivity index (χ4n) is 3.64. The van der Waals surface area contributed by atoms with E-state index in [9.17, 15) is 19.2 Å². The highest BCUT2D eigenvalue weighted by Crippen LogP contribution is 2.35. The van der Waals surface area contributed by atoms with Crippen molar-refractivity contribution >= 4 is 29.0 Å². The van der Waals surface area contributed by atoms with Gasteiger partial charge in [0.15, 0.2) is 0 Å². The van der Waals surface area contributed by atoms with Crippen molar-refractivity contribution in [2.24, 2.45) is 0 Å². The Morgan fingerprint density at radius 3 is 2.52 bits per heavy atom. The minimum atomic E-state index is -0.380. The Balaban J connectivity index is 1.64. The second-order valence-corrected chi connectivity index (χ2v) is 8.17. The summed E-state index contributed by atoms with van der Waals surface area (Å²) in [5, 5.41) is 8.90. The molecular formula is C24H18FN3O2S. The maximum absolute atomic E-state index is 13.3. The minimum Gasteiger partial charge on any atom is -0.318 e. The van der Waals surface area contributed by atoms with Crippen LogP contribution in [0.5, 0.6) is 0 Å². The van der Waals surface area contributed by atoms with Crippen molar-refractivity contribution in [3.8, 4) is 11.8 Å². The zero-order chi connectivity index (χ0) is 22.1. The molecule has 0 bridgehead atoms. The van der Waals surface area contributed by atoms with Gasteiger partial charge in [0.25, 0.3) is 11.1 Å². The van der Waals surface area contributed by atoms with Crippen molar-refractivity contribution in [3.63, 3.8) is 0 Å². The zero-order valence-electron chi connectivity index (χ0n) is 16.9. The van der Waals surface area contributed by atoms with Gasteiger partial charge in [-0.3, -0.25) is 14.5 Å². The predicted molar refractivity (Wildman–Crippen MR) is 118 cm³/mol. The molecule has 0 aliphatic carbocycles. The van der Waals surface area contributed by atoms with Crippen molar-refractivity contribution in [1.82, 2.24) is 9.47 Å². The molecule has 1 aliphatic heterocycles. The lowest BCUT2D eigenvalue weighted by Gasteiger charge is -2.13. The number of halogens is 1. The Hall–Kier alpha value is -3.63. The van der Waals surface area contributed by atoms with Gasteiger partial charge in [-0.05, 0) is 79.2 Å². The van der Waals surface area contributed by atoms with Crippen LogP contribution in [0.2, 0.25) is 0 Å². The monoisotopic (exact) mass is 431 g/mol. The van der Waals surface area contributed by atoms with Gasteiger partial charge in [0.05, 0.1) is 23.1 Å². The first kappa shape index (κ1) is 20.6. The molecule has 2 aromatic carbocycles. The number of carbonyl (C=O) groups excluding carboxylic acids is 2. The van der Waals surface area contributed by atoms with E-state index in [1.807, 2.05) is 24.5 Å². The van der Waals surface area contributed by atoms with Crippen molar-refractivity contribution in [1.29, 1.82) is 5.26 Å². The number of benzene rings is 2. The van der Waals surface area contributed by atoms with Gasteiger partial charge in [0.2, 0.25) is 0 Å². The van der Waals surface area contributed by atoms with Crippen LogP contribution in [0, 0.1) is 31.0 Å². The molecule has 0 atom stereocenters. The molecule has 0 N–H and O–H groups in total. The highest BCUT2D eigenvalue weighted by Gasteiger charge is 2.35. The highest BCUT2D eigenvalue weighted by molar-refractivity contribution is 8.18. The van der Waals surface area contributed by atoms with Crippen molar-refractivity contribution in [2.45, 2.75) is 20.4 Å². The third kappa shape index (κ3) is 3.90. The minimum absolute atomic E-state index is 0.0559. The van der Waals surface area contributed by atoms with Gasteiger partial charge in [-0.25, -0.2) is 4.39 Å². The first-order valence-electron chi connectivity index (χ1n) is 9.57. The first-order chi connectivity index (χ1) is 14.9. The van der Waals surface area contributed by atoms with E-state index in [4.69, 9.17) is 0 Å². The van der Waals surface area contributed by atoms with Gasteiger partial charge in [-0.15, -0.1) is 0 Å². The van der Waals surface area contributed by atoms with Gasteiger partial charge in [0, 0.05) is 17.1 Å². The number of hydrogen-bond acceptors (Lipinski definition) is 4. The summed E-state index contributed by atoms with van der Waals surface area (Å²) in [6, 6.07) is 17.1. The van der Waals surface area contributed by atoms with E-state index in [1.54, 1.807) is 42.5 Å². The lowest BCUT2D eigenvalue weighted by Crippen LogP contribution is -2.27. The number of rotatable bonds is 4. The Kier molecular flexibility index (Phi) is 5.49. The van der Waals surface area contributed by atoms with Crippen molar-refractivity contribution in [2.75, 3.05) is 0 Å². The lowest BCUT2D eigenvalue weighted by molar-refractivity contribution is -0.123. The largest absolute Gasteiger partial charge is 0.318 e. The number of aryl methyl sites for hydroxylation is 1. The van der Waals surface area contributed by atoms with Crippen LogP contribution in [-0.2, 0) is 11.3 Å². The topological polar surface area (TPSA) is 66.1 Å². The normalized spacial score (nSPS) is 15.0. The number of hydrogen-bond donors (Lipinski definition) is 0. The fourth-order valence-corrected chi connectivity index (χ4v) is 4.47. The third-order valence-corrected chi connectivity index (χ3v) is 6.09. The number of aromatic nitrogens is 1. The molecule has 1 saturated heterocycles. The van der Waals surface area contributed by atoms with E-state index < -0.39 is 0 Å². The molecule has 2 heterocycles. The maximum Gasteiger partial charge on any atom is 0.293 e. The highest BCUT2D eigenvalue weighted by atomic mass is 32.2. The van der Waals surface area contributed by atoms with Gasteiger partial charge in [0.1, 0.15) is 5.82 Å². The average molecular weight is 431 g/mol. The number of nitriles is 1. The van der Waals surface area contributed by atoms with Crippen LogP contribution < -0.4 is 0 Å². The molecule has 5 nitrogen and oxygen atoms in total. The van der Waals surface area contributed by atoms with Gasteiger partial charge >= 0.3 is 0 Å². The van der Waals surface area contributed by atoms with Crippen LogP contribution in [0.1, 0.15) is 28.1 Å². The van der Waals surface area contributed by atoms with E-state index in [0.717, 1.165) is 39.3 Å². The summed E-state index contributed by atoms with van der Waals surface area (Å²) in [5.74, 6) is -0.688. The van der Waals surface area contributed by atoms with Gasteiger partial charge in [-0.2, -0.15) is 5.26 Å². The molecule has 1 aliphatic rings. The number of imide groups is 1. The average Bonchev–Trinajstić information content (AvgIpc) is 3.18. The molecular weight excluding hydrogens is 413 g/mol. The Morgan fingerprint density at radius 1 is 1.10 bits per heavy atom. The van der Waals surface area contributed by atoms with Crippen LogP contribution in [0.25, 0.3) is 11.8 Å². The van der Waals surface area contributed by atoms with E-state index in [1.165, 1.54) is 12.1 Å². The van der Waals surface area contributed by atoms with E-state index in [-0.39, 0.29) is 23.5 Å². The molecule has 0 unspecified atom stereocenters. The summed E-state index contributed by atoms with van der Waals surface area (Å²) in [6.45, 7) is 3.90. The second-order valence-electron chi connectivity index (χ2n) is 7.18. The van der Waals surface area contributed by atoms with E-state index >= 15 is 0 Å². The molecule has 0 spiro atoms. The Labute approximate surface area is 183 Å². The number of nitrogens with zero attached hydrogens (tertiary/aromatic N) is 3. The molecule has 4 rings (SSSR count). The summed E-state index contributed by atoms with van der Waals surface area (Å²) >= 11 is 0.888. The molecule has 1 aromatic heterocycles.